The van der Waals surface area contributed by atoms with Gasteiger partial charge in [0, 0.05) is 31.1 Å². The number of amides is 1. The highest BCUT2D eigenvalue weighted by Gasteiger charge is 2.27. The first-order valence-electron chi connectivity index (χ1n) is 9.56. The molecule has 1 N–H and O–H groups in total. The van der Waals surface area contributed by atoms with Crippen LogP contribution in [0.2, 0.25) is 0 Å². The van der Waals surface area contributed by atoms with E-state index in [1.807, 2.05) is 18.2 Å². The molecule has 1 aliphatic rings. The van der Waals surface area contributed by atoms with Gasteiger partial charge in [-0.05, 0) is 43.0 Å². The number of carbonyl (C=O) groups excluding carboxylic acids is 1. The van der Waals surface area contributed by atoms with Crippen molar-refractivity contribution in [1.29, 1.82) is 0 Å². The molecular weight excluding hydrogens is 414 g/mol. The third kappa shape index (κ3) is 4.22. The van der Waals surface area contributed by atoms with Crippen LogP contribution >= 0.6 is 0 Å². The third-order valence-corrected chi connectivity index (χ3v) is 6.74. The van der Waals surface area contributed by atoms with Gasteiger partial charge in [0.1, 0.15) is 22.1 Å². The molecule has 2 aromatic carbocycles. The second kappa shape index (κ2) is 8.16. The minimum absolute atomic E-state index is 0.00279. The summed E-state index contributed by atoms with van der Waals surface area (Å²) in [7, 11) is -4.08. The fourth-order valence-corrected chi connectivity index (χ4v) is 4.76. The first-order chi connectivity index (χ1) is 14.3. The molecule has 0 aliphatic carbocycles. The van der Waals surface area contributed by atoms with E-state index in [2.05, 4.69) is 4.72 Å². The quantitative estimate of drug-likeness (QED) is 0.666. The molecule has 1 aliphatic heterocycles. The van der Waals surface area contributed by atoms with Crippen molar-refractivity contribution in [1.82, 2.24) is 9.62 Å². The van der Waals surface area contributed by atoms with Gasteiger partial charge in [0.15, 0.2) is 5.76 Å². The number of nitrogens with zero attached hydrogens (tertiary/aromatic N) is 1. The fourth-order valence-electron chi connectivity index (χ4n) is 3.58. The fraction of sp³-hybridized carbons (Fsp3) is 0.286. The first-order valence-corrected chi connectivity index (χ1v) is 11.0. The number of carbonyl (C=O) groups is 1. The van der Waals surface area contributed by atoms with Gasteiger partial charge in [-0.3, -0.25) is 4.79 Å². The van der Waals surface area contributed by atoms with Crippen LogP contribution in [0.25, 0.3) is 11.0 Å². The molecule has 1 saturated heterocycles. The van der Waals surface area contributed by atoms with Crippen LogP contribution in [0.3, 0.4) is 0 Å². The minimum atomic E-state index is -4.08. The Morgan fingerprint density at radius 2 is 1.83 bits per heavy atom. The number of rotatable bonds is 5. The van der Waals surface area contributed by atoms with Crippen molar-refractivity contribution in [3.63, 3.8) is 0 Å². The third-order valence-electron chi connectivity index (χ3n) is 5.28. The first kappa shape index (κ1) is 20.5. The summed E-state index contributed by atoms with van der Waals surface area (Å²) in [6.07, 6.45) is 1.20. The van der Waals surface area contributed by atoms with Gasteiger partial charge in [-0.15, -0.1) is 0 Å². The maximum atomic E-state index is 13.8. The van der Waals surface area contributed by atoms with E-state index in [1.165, 1.54) is 0 Å². The van der Waals surface area contributed by atoms with Gasteiger partial charge in [0.25, 0.3) is 5.91 Å². The number of halogens is 2. The molecule has 1 fully saturated rings. The molecule has 4 rings (SSSR count). The predicted molar refractivity (Wildman–Crippen MR) is 106 cm³/mol. The van der Waals surface area contributed by atoms with Crippen LogP contribution in [0.4, 0.5) is 8.78 Å². The van der Waals surface area contributed by atoms with E-state index < -0.39 is 26.6 Å². The van der Waals surface area contributed by atoms with Crippen molar-refractivity contribution in [2.24, 2.45) is 5.92 Å². The van der Waals surface area contributed by atoms with Crippen molar-refractivity contribution in [2.45, 2.75) is 17.7 Å². The highest BCUT2D eigenvalue weighted by atomic mass is 32.2. The Labute approximate surface area is 172 Å². The van der Waals surface area contributed by atoms with Crippen LogP contribution in [0.15, 0.2) is 57.8 Å². The number of benzene rings is 2. The second-order valence-corrected chi connectivity index (χ2v) is 9.05. The van der Waals surface area contributed by atoms with Crippen LogP contribution in [-0.2, 0) is 10.0 Å². The molecule has 9 heteroatoms. The number of sulfonamides is 1. The number of likely N-dealkylation sites (tertiary alicyclic amines) is 1. The zero-order chi connectivity index (χ0) is 21.3. The van der Waals surface area contributed by atoms with E-state index in [0.717, 1.165) is 17.5 Å². The highest BCUT2D eigenvalue weighted by molar-refractivity contribution is 7.89. The van der Waals surface area contributed by atoms with E-state index >= 15 is 0 Å². The molecule has 6 nitrogen and oxygen atoms in total. The summed E-state index contributed by atoms with van der Waals surface area (Å²) in [6.45, 7) is 1.05. The average molecular weight is 434 g/mol. The van der Waals surface area contributed by atoms with Crippen LogP contribution < -0.4 is 4.72 Å². The van der Waals surface area contributed by atoms with Gasteiger partial charge in [-0.25, -0.2) is 21.9 Å². The molecule has 1 aromatic heterocycles. The molecular formula is C21H20F2N2O4S. The highest BCUT2D eigenvalue weighted by Crippen LogP contribution is 2.24. The van der Waals surface area contributed by atoms with Gasteiger partial charge in [0.05, 0.1) is 0 Å². The largest absolute Gasteiger partial charge is 0.451 e. The van der Waals surface area contributed by atoms with Crippen LogP contribution in [0.1, 0.15) is 23.4 Å². The molecule has 0 unspecified atom stereocenters. The number of fused-ring (bicyclic) bond motifs is 1. The van der Waals surface area contributed by atoms with Gasteiger partial charge in [-0.1, -0.05) is 18.2 Å². The summed E-state index contributed by atoms with van der Waals surface area (Å²) in [6, 6.07) is 11.4. The molecule has 0 saturated carbocycles. The summed E-state index contributed by atoms with van der Waals surface area (Å²) in [5, 5.41) is 0.859. The molecule has 2 heterocycles. The van der Waals surface area contributed by atoms with Gasteiger partial charge >= 0.3 is 0 Å². The molecule has 0 radical (unpaired) electrons. The number of piperidine rings is 1. The van der Waals surface area contributed by atoms with Crippen LogP contribution in [-0.4, -0.2) is 38.9 Å². The number of para-hydroxylation sites is 1. The van der Waals surface area contributed by atoms with E-state index in [9.17, 15) is 22.0 Å². The summed E-state index contributed by atoms with van der Waals surface area (Å²) >= 11 is 0. The Morgan fingerprint density at radius 3 is 2.53 bits per heavy atom. The van der Waals surface area contributed by atoms with E-state index in [4.69, 9.17) is 4.42 Å². The minimum Gasteiger partial charge on any atom is -0.451 e. The van der Waals surface area contributed by atoms with Crippen LogP contribution in [0.5, 0.6) is 0 Å². The SMILES string of the molecule is O=C(c1cc2ccccc2o1)N1CCC(CNS(=O)(=O)c2ccc(F)cc2F)CC1. The monoisotopic (exact) mass is 434 g/mol. The van der Waals surface area contributed by atoms with Gasteiger partial charge in [-0.2, -0.15) is 0 Å². The lowest BCUT2D eigenvalue weighted by molar-refractivity contribution is 0.0662. The number of furan rings is 1. The number of nitrogens with one attached hydrogen (secondary N) is 1. The normalized spacial score (nSPS) is 15.6. The standard InChI is InChI=1S/C21H20F2N2O4S/c22-16-5-6-20(17(23)12-16)30(27,28)24-13-14-7-9-25(10-8-14)21(26)19-11-15-3-1-2-4-18(15)29-19/h1-6,11-12,14,24H,7-10,13H2. The smallest absolute Gasteiger partial charge is 0.289 e. The Kier molecular flexibility index (Phi) is 5.57. The molecule has 0 spiro atoms. The van der Waals surface area contributed by atoms with Gasteiger partial charge < -0.3 is 9.32 Å². The predicted octanol–water partition coefficient (Wildman–Crippen LogP) is 3.54. The second-order valence-electron chi connectivity index (χ2n) is 7.31. The lowest BCUT2D eigenvalue weighted by Crippen LogP contribution is -2.41. The lowest BCUT2D eigenvalue weighted by atomic mass is 9.97. The maximum Gasteiger partial charge on any atom is 0.289 e. The van der Waals surface area contributed by atoms with Crippen molar-refractivity contribution in [3.05, 3.63) is 65.9 Å². The molecule has 0 atom stereocenters. The zero-order valence-corrected chi connectivity index (χ0v) is 16.8. The average Bonchev–Trinajstić information content (AvgIpc) is 3.16. The summed E-state index contributed by atoms with van der Waals surface area (Å²) < 4.78 is 59.4. The lowest BCUT2D eigenvalue weighted by Gasteiger charge is -2.31. The van der Waals surface area contributed by atoms with E-state index in [0.29, 0.717) is 37.6 Å². The maximum absolute atomic E-state index is 13.8. The van der Waals surface area contributed by atoms with E-state index in [-0.39, 0.29) is 24.1 Å². The molecule has 3 aromatic rings. The molecule has 158 valence electrons. The van der Waals surface area contributed by atoms with Crippen molar-refractivity contribution < 1.29 is 26.4 Å². The molecule has 1 amide bonds. The Bertz CT molecular complexity index is 1150. The topological polar surface area (TPSA) is 79.6 Å². The van der Waals surface area contributed by atoms with Crippen molar-refractivity contribution in [3.8, 4) is 0 Å². The summed E-state index contributed by atoms with van der Waals surface area (Å²) in [5.74, 6) is -1.88. The Morgan fingerprint density at radius 1 is 1.10 bits per heavy atom. The number of hydrogen-bond acceptors (Lipinski definition) is 4. The summed E-state index contributed by atoms with van der Waals surface area (Å²) in [4.78, 5) is 13.8. The van der Waals surface area contributed by atoms with Crippen molar-refractivity contribution in [2.75, 3.05) is 19.6 Å². The Balaban J connectivity index is 1.33. The molecule has 0 bridgehead atoms. The van der Waals surface area contributed by atoms with Crippen molar-refractivity contribution >= 4 is 26.9 Å². The number of hydrogen-bond donors (Lipinski definition) is 1. The molecule has 30 heavy (non-hydrogen) atoms. The summed E-state index contributed by atoms with van der Waals surface area (Å²) in [5.41, 5.74) is 0.651. The van der Waals surface area contributed by atoms with Crippen LogP contribution in [0, 0.1) is 17.6 Å². The Hall–Kier alpha value is -2.78. The zero-order valence-electron chi connectivity index (χ0n) is 16.0. The van der Waals surface area contributed by atoms with E-state index in [1.54, 1.807) is 17.0 Å². The van der Waals surface area contributed by atoms with Gasteiger partial charge in [0.2, 0.25) is 10.0 Å².